The van der Waals surface area contributed by atoms with E-state index in [2.05, 4.69) is 58.3 Å². The van der Waals surface area contributed by atoms with E-state index in [0.717, 1.165) is 11.0 Å². The normalized spacial score (nSPS) is 24.4. The molecule has 2 unspecified atom stereocenters. The topological polar surface area (TPSA) is 24.5 Å². The molecule has 2 rings (SSSR count). The van der Waals surface area contributed by atoms with E-state index in [4.69, 9.17) is 4.74 Å². The Morgan fingerprint density at radius 1 is 1.50 bits per heavy atom. The van der Waals surface area contributed by atoms with Crippen molar-refractivity contribution >= 4 is 21.6 Å². The fourth-order valence-corrected chi connectivity index (χ4v) is 2.98. The number of likely N-dealkylation sites (tertiary alicyclic amines) is 1. The summed E-state index contributed by atoms with van der Waals surface area (Å²) in [6.45, 7) is 4.00. The molecular formula is C14H21BrN2O. The molecular weight excluding hydrogens is 292 g/mol. The summed E-state index contributed by atoms with van der Waals surface area (Å²) in [7, 11) is 3.91. The molecule has 3 nitrogen and oxygen atoms in total. The Labute approximate surface area is 118 Å². The van der Waals surface area contributed by atoms with E-state index >= 15 is 0 Å². The zero-order valence-corrected chi connectivity index (χ0v) is 12.8. The standard InChI is InChI=1S/C14H21BrN2O/c1-10-7-11(8-17(10)2)16-14-6-4-5-13(15)12(14)9-18-3/h4-6,10-11,16H,7-9H2,1-3H3. The molecule has 1 heterocycles. The highest BCUT2D eigenvalue weighted by atomic mass is 79.9. The summed E-state index contributed by atoms with van der Waals surface area (Å²) in [5.74, 6) is 0. The molecule has 0 radical (unpaired) electrons. The van der Waals surface area contributed by atoms with Gasteiger partial charge in [-0.25, -0.2) is 0 Å². The Kier molecular flexibility index (Phi) is 4.65. The maximum absolute atomic E-state index is 5.28. The lowest BCUT2D eigenvalue weighted by Crippen LogP contribution is -2.25. The van der Waals surface area contributed by atoms with E-state index in [9.17, 15) is 0 Å². The maximum Gasteiger partial charge on any atom is 0.0744 e. The molecule has 4 heteroatoms. The van der Waals surface area contributed by atoms with Crippen LogP contribution in [0.15, 0.2) is 22.7 Å². The molecule has 0 saturated carbocycles. The van der Waals surface area contributed by atoms with E-state index in [-0.39, 0.29) is 0 Å². The molecule has 1 aromatic rings. The van der Waals surface area contributed by atoms with Crippen LogP contribution in [-0.2, 0) is 11.3 Å². The minimum Gasteiger partial charge on any atom is -0.381 e. The molecule has 0 amide bonds. The van der Waals surface area contributed by atoms with Crippen LogP contribution >= 0.6 is 15.9 Å². The number of hydrogen-bond donors (Lipinski definition) is 1. The summed E-state index contributed by atoms with van der Waals surface area (Å²) in [4.78, 5) is 2.39. The van der Waals surface area contributed by atoms with Gasteiger partial charge >= 0.3 is 0 Å². The quantitative estimate of drug-likeness (QED) is 0.924. The number of anilines is 1. The smallest absolute Gasteiger partial charge is 0.0744 e. The van der Waals surface area contributed by atoms with Crippen LogP contribution in [0.5, 0.6) is 0 Å². The van der Waals surface area contributed by atoms with Crippen LogP contribution in [0.3, 0.4) is 0 Å². The summed E-state index contributed by atoms with van der Waals surface area (Å²) >= 11 is 3.59. The second-order valence-electron chi connectivity index (χ2n) is 5.06. The Balaban J connectivity index is 2.11. The fraction of sp³-hybridized carbons (Fsp3) is 0.571. The van der Waals surface area contributed by atoms with Crippen molar-refractivity contribution in [2.24, 2.45) is 0 Å². The van der Waals surface area contributed by atoms with Crippen molar-refractivity contribution in [1.82, 2.24) is 4.90 Å². The summed E-state index contributed by atoms with van der Waals surface area (Å²) in [5, 5.41) is 3.64. The first-order chi connectivity index (χ1) is 8.61. The lowest BCUT2D eigenvalue weighted by molar-refractivity contribution is 0.185. The van der Waals surface area contributed by atoms with Crippen LogP contribution < -0.4 is 5.32 Å². The van der Waals surface area contributed by atoms with Gasteiger partial charge in [0.1, 0.15) is 0 Å². The molecule has 0 aromatic heterocycles. The number of nitrogens with zero attached hydrogens (tertiary/aromatic N) is 1. The highest BCUT2D eigenvalue weighted by Crippen LogP contribution is 2.28. The van der Waals surface area contributed by atoms with E-state index in [1.165, 1.54) is 17.7 Å². The monoisotopic (exact) mass is 312 g/mol. The Bertz CT molecular complexity index is 401. The summed E-state index contributed by atoms with van der Waals surface area (Å²) in [6, 6.07) is 7.43. The van der Waals surface area contributed by atoms with Gasteiger partial charge in [-0.05, 0) is 32.5 Å². The third-order valence-electron chi connectivity index (χ3n) is 3.65. The van der Waals surface area contributed by atoms with Crippen molar-refractivity contribution in [2.75, 3.05) is 26.0 Å². The van der Waals surface area contributed by atoms with Gasteiger partial charge in [0.25, 0.3) is 0 Å². The fourth-order valence-electron chi connectivity index (χ4n) is 2.50. The van der Waals surface area contributed by atoms with Gasteiger partial charge < -0.3 is 15.0 Å². The van der Waals surface area contributed by atoms with E-state index in [0.29, 0.717) is 18.7 Å². The van der Waals surface area contributed by atoms with Crippen molar-refractivity contribution in [3.05, 3.63) is 28.2 Å². The van der Waals surface area contributed by atoms with Crippen LogP contribution in [0.25, 0.3) is 0 Å². The van der Waals surface area contributed by atoms with Crippen molar-refractivity contribution < 1.29 is 4.74 Å². The molecule has 1 N–H and O–H groups in total. The molecule has 1 aromatic carbocycles. The summed E-state index contributed by atoms with van der Waals surface area (Å²) in [5.41, 5.74) is 2.38. The average molecular weight is 313 g/mol. The molecule has 0 bridgehead atoms. The summed E-state index contributed by atoms with van der Waals surface area (Å²) in [6.07, 6.45) is 1.19. The van der Waals surface area contributed by atoms with Gasteiger partial charge in [-0.2, -0.15) is 0 Å². The molecule has 1 aliphatic heterocycles. The van der Waals surface area contributed by atoms with Gasteiger partial charge in [0, 0.05) is 41.5 Å². The van der Waals surface area contributed by atoms with Crippen LogP contribution in [0, 0.1) is 0 Å². The highest BCUT2D eigenvalue weighted by Gasteiger charge is 2.26. The van der Waals surface area contributed by atoms with Crippen molar-refractivity contribution in [1.29, 1.82) is 0 Å². The minimum absolute atomic E-state index is 0.523. The van der Waals surface area contributed by atoms with E-state index < -0.39 is 0 Å². The van der Waals surface area contributed by atoms with Gasteiger partial charge in [-0.15, -0.1) is 0 Å². The van der Waals surface area contributed by atoms with E-state index in [1.807, 2.05) is 0 Å². The number of methoxy groups -OCH3 is 1. The largest absolute Gasteiger partial charge is 0.381 e. The third-order valence-corrected chi connectivity index (χ3v) is 4.40. The van der Waals surface area contributed by atoms with Crippen molar-refractivity contribution in [3.63, 3.8) is 0 Å². The predicted molar refractivity (Wildman–Crippen MR) is 79.0 cm³/mol. The molecule has 2 atom stereocenters. The molecule has 1 fully saturated rings. The van der Waals surface area contributed by atoms with Gasteiger partial charge in [0.15, 0.2) is 0 Å². The molecule has 0 aliphatic carbocycles. The van der Waals surface area contributed by atoms with Gasteiger partial charge in [0.2, 0.25) is 0 Å². The Morgan fingerprint density at radius 3 is 2.89 bits per heavy atom. The third kappa shape index (κ3) is 3.05. The highest BCUT2D eigenvalue weighted by molar-refractivity contribution is 9.10. The first kappa shape index (κ1) is 13.8. The Morgan fingerprint density at radius 2 is 2.28 bits per heavy atom. The zero-order valence-electron chi connectivity index (χ0n) is 11.2. The summed E-state index contributed by atoms with van der Waals surface area (Å²) < 4.78 is 6.38. The van der Waals surface area contributed by atoms with Crippen LogP contribution in [0.4, 0.5) is 5.69 Å². The number of hydrogen-bond acceptors (Lipinski definition) is 3. The average Bonchev–Trinajstić information content (AvgIpc) is 2.63. The van der Waals surface area contributed by atoms with Gasteiger partial charge in [-0.1, -0.05) is 22.0 Å². The first-order valence-electron chi connectivity index (χ1n) is 6.35. The van der Waals surface area contributed by atoms with Crippen molar-refractivity contribution in [2.45, 2.75) is 32.0 Å². The number of rotatable bonds is 4. The number of halogens is 1. The maximum atomic E-state index is 5.28. The second-order valence-corrected chi connectivity index (χ2v) is 5.92. The van der Waals surface area contributed by atoms with Crippen molar-refractivity contribution in [3.8, 4) is 0 Å². The zero-order chi connectivity index (χ0) is 13.1. The lowest BCUT2D eigenvalue weighted by Gasteiger charge is -2.18. The number of nitrogens with one attached hydrogen (secondary N) is 1. The SMILES string of the molecule is COCc1c(Br)cccc1NC1CC(C)N(C)C1. The number of benzene rings is 1. The minimum atomic E-state index is 0.523. The van der Waals surface area contributed by atoms with Gasteiger partial charge in [-0.3, -0.25) is 0 Å². The molecule has 0 spiro atoms. The van der Waals surface area contributed by atoms with Crippen LogP contribution in [0.2, 0.25) is 0 Å². The molecule has 1 aliphatic rings. The molecule has 1 saturated heterocycles. The first-order valence-corrected chi connectivity index (χ1v) is 7.14. The van der Waals surface area contributed by atoms with E-state index in [1.54, 1.807) is 7.11 Å². The Hall–Kier alpha value is -0.580. The number of likely N-dealkylation sites (N-methyl/N-ethyl adjacent to an activating group) is 1. The predicted octanol–water partition coefficient (Wildman–Crippen LogP) is 3.10. The van der Waals surface area contributed by atoms with Gasteiger partial charge in [0.05, 0.1) is 6.61 Å². The molecule has 100 valence electrons. The molecule has 18 heavy (non-hydrogen) atoms. The number of ether oxygens (including phenoxy) is 1. The lowest BCUT2D eigenvalue weighted by atomic mass is 10.1. The second kappa shape index (κ2) is 6.04. The van der Waals surface area contributed by atoms with Crippen LogP contribution in [-0.4, -0.2) is 37.7 Å². The van der Waals surface area contributed by atoms with Crippen LogP contribution in [0.1, 0.15) is 18.9 Å².